The van der Waals surface area contributed by atoms with Crippen molar-refractivity contribution in [1.82, 2.24) is 4.31 Å². The molecule has 0 aromatic heterocycles. The Morgan fingerprint density at radius 3 is 2.53 bits per heavy atom. The van der Waals surface area contributed by atoms with Crippen molar-refractivity contribution in [2.45, 2.75) is 11.3 Å². The highest BCUT2D eigenvalue weighted by molar-refractivity contribution is 7.89. The lowest BCUT2D eigenvalue weighted by Gasteiger charge is -2.15. The molecule has 0 atom stereocenters. The molecule has 92 valence electrons. The first kappa shape index (κ1) is 13.5. The van der Waals surface area contributed by atoms with E-state index >= 15 is 0 Å². The quantitative estimate of drug-likeness (QED) is 0.824. The van der Waals surface area contributed by atoms with Gasteiger partial charge in [-0.2, -0.15) is 9.57 Å². The van der Waals surface area contributed by atoms with Crippen LogP contribution in [0.5, 0.6) is 0 Å². The summed E-state index contributed by atoms with van der Waals surface area (Å²) in [5.74, 6) is -2.33. The molecule has 0 saturated heterocycles. The maximum absolute atomic E-state index is 12.9. The van der Waals surface area contributed by atoms with Gasteiger partial charge in [0.05, 0.1) is 11.0 Å². The van der Waals surface area contributed by atoms with Crippen LogP contribution in [0, 0.1) is 23.0 Å². The fourth-order valence-corrected chi connectivity index (χ4v) is 2.33. The smallest absolute Gasteiger partial charge is 0.207 e. The van der Waals surface area contributed by atoms with Crippen LogP contribution in [0.1, 0.15) is 6.42 Å². The Balaban J connectivity index is 3.05. The van der Waals surface area contributed by atoms with Crippen LogP contribution < -0.4 is 0 Å². The predicted octanol–water partition coefficient (Wildman–Crippen LogP) is 1.50. The van der Waals surface area contributed by atoms with Crippen molar-refractivity contribution in [3.05, 3.63) is 29.8 Å². The standard InChI is InChI=1S/C10H10F2N2O2S/c1-14(6-2-5-13)17(15,16)8-3-4-9(11)10(12)7-8/h3-4,7H,2,6H2,1H3. The Hall–Kier alpha value is -1.52. The SMILES string of the molecule is CN(CCC#N)S(=O)(=O)c1ccc(F)c(F)c1. The van der Waals surface area contributed by atoms with Gasteiger partial charge in [0.2, 0.25) is 10.0 Å². The summed E-state index contributed by atoms with van der Waals surface area (Å²) < 4.78 is 50.2. The predicted molar refractivity (Wildman–Crippen MR) is 56.4 cm³/mol. The van der Waals surface area contributed by atoms with Gasteiger partial charge in [-0.25, -0.2) is 17.2 Å². The molecule has 7 heteroatoms. The topological polar surface area (TPSA) is 61.2 Å². The summed E-state index contributed by atoms with van der Waals surface area (Å²) in [7, 11) is -2.60. The van der Waals surface area contributed by atoms with Crippen molar-refractivity contribution in [2.24, 2.45) is 0 Å². The summed E-state index contributed by atoms with van der Waals surface area (Å²) in [5, 5.41) is 8.35. The Bertz CT molecular complexity index is 552. The number of benzene rings is 1. The molecule has 0 unspecified atom stereocenters. The van der Waals surface area contributed by atoms with Crippen LogP contribution >= 0.6 is 0 Å². The van der Waals surface area contributed by atoms with Crippen molar-refractivity contribution in [3.8, 4) is 6.07 Å². The first-order chi connectivity index (χ1) is 7.89. The van der Waals surface area contributed by atoms with Crippen LogP contribution in [-0.2, 0) is 10.0 Å². The molecule has 0 heterocycles. The minimum atomic E-state index is -3.87. The first-order valence-electron chi connectivity index (χ1n) is 4.68. The van der Waals surface area contributed by atoms with Crippen LogP contribution in [0.15, 0.2) is 23.1 Å². The lowest BCUT2D eigenvalue weighted by Crippen LogP contribution is -2.27. The van der Waals surface area contributed by atoms with Gasteiger partial charge in [-0.15, -0.1) is 0 Å². The van der Waals surface area contributed by atoms with Crippen molar-refractivity contribution in [1.29, 1.82) is 5.26 Å². The lowest BCUT2D eigenvalue weighted by molar-refractivity contribution is 0.472. The molecular formula is C10H10F2N2O2S. The molecule has 0 aliphatic carbocycles. The fraction of sp³-hybridized carbons (Fsp3) is 0.300. The van der Waals surface area contributed by atoms with Crippen LogP contribution in [0.4, 0.5) is 8.78 Å². The minimum absolute atomic E-state index is 0.00215. The molecule has 0 fully saturated rings. The number of nitrogens with zero attached hydrogens (tertiary/aromatic N) is 2. The second-order valence-electron chi connectivity index (χ2n) is 3.31. The van der Waals surface area contributed by atoms with Crippen molar-refractivity contribution in [2.75, 3.05) is 13.6 Å². The molecule has 0 aliphatic heterocycles. The molecule has 0 saturated carbocycles. The van der Waals surface area contributed by atoms with E-state index in [9.17, 15) is 17.2 Å². The summed E-state index contributed by atoms with van der Waals surface area (Å²) >= 11 is 0. The van der Waals surface area contributed by atoms with E-state index in [2.05, 4.69) is 0 Å². The Kier molecular flexibility index (Phi) is 4.15. The molecule has 0 bridgehead atoms. The van der Waals surface area contributed by atoms with Gasteiger partial charge in [-0.3, -0.25) is 0 Å². The highest BCUT2D eigenvalue weighted by Gasteiger charge is 2.21. The Labute approximate surface area is 98.1 Å². The van der Waals surface area contributed by atoms with Crippen molar-refractivity contribution < 1.29 is 17.2 Å². The number of rotatable bonds is 4. The molecule has 1 rings (SSSR count). The van der Waals surface area contributed by atoms with E-state index in [1.807, 2.05) is 0 Å². The van der Waals surface area contributed by atoms with E-state index in [1.54, 1.807) is 6.07 Å². The zero-order valence-corrected chi connectivity index (χ0v) is 9.84. The average molecular weight is 260 g/mol. The van der Waals surface area contributed by atoms with E-state index in [0.717, 1.165) is 16.4 Å². The third kappa shape index (κ3) is 2.99. The van der Waals surface area contributed by atoms with Crippen LogP contribution in [0.3, 0.4) is 0 Å². The van der Waals surface area contributed by atoms with E-state index in [1.165, 1.54) is 7.05 Å². The van der Waals surface area contributed by atoms with Crippen LogP contribution in [-0.4, -0.2) is 26.3 Å². The summed E-state index contributed by atoms with van der Waals surface area (Å²) in [4.78, 5) is -0.336. The van der Waals surface area contributed by atoms with Gasteiger partial charge in [0.15, 0.2) is 11.6 Å². The summed E-state index contributed by atoms with van der Waals surface area (Å²) in [6.45, 7) is -0.00215. The van der Waals surface area contributed by atoms with Gasteiger partial charge in [0.25, 0.3) is 0 Å². The van der Waals surface area contributed by atoms with E-state index in [4.69, 9.17) is 5.26 Å². The van der Waals surface area contributed by atoms with Crippen molar-refractivity contribution in [3.63, 3.8) is 0 Å². The molecule has 17 heavy (non-hydrogen) atoms. The molecule has 0 N–H and O–H groups in total. The molecule has 0 amide bonds. The summed E-state index contributed by atoms with van der Waals surface area (Å²) in [5.41, 5.74) is 0. The third-order valence-corrected chi connectivity index (χ3v) is 3.99. The maximum Gasteiger partial charge on any atom is 0.242 e. The van der Waals surface area contributed by atoms with Crippen molar-refractivity contribution >= 4 is 10.0 Å². The Morgan fingerprint density at radius 2 is 2.00 bits per heavy atom. The average Bonchev–Trinajstić information content (AvgIpc) is 2.29. The number of sulfonamides is 1. The first-order valence-corrected chi connectivity index (χ1v) is 6.12. The third-order valence-electron chi connectivity index (χ3n) is 2.14. The normalized spacial score (nSPS) is 11.5. The molecule has 1 aromatic carbocycles. The highest BCUT2D eigenvalue weighted by Crippen LogP contribution is 2.17. The number of hydrogen-bond donors (Lipinski definition) is 0. The van der Waals surface area contributed by atoms with Gasteiger partial charge in [-0.1, -0.05) is 0 Å². The lowest BCUT2D eigenvalue weighted by atomic mass is 10.3. The van der Waals surface area contributed by atoms with E-state index < -0.39 is 21.7 Å². The number of halogens is 2. The van der Waals surface area contributed by atoms with Crippen LogP contribution in [0.25, 0.3) is 0 Å². The van der Waals surface area contributed by atoms with Gasteiger partial charge in [0.1, 0.15) is 0 Å². The number of nitriles is 1. The van der Waals surface area contributed by atoms with Gasteiger partial charge in [0, 0.05) is 20.0 Å². The molecule has 1 aromatic rings. The zero-order valence-electron chi connectivity index (χ0n) is 9.02. The van der Waals surface area contributed by atoms with Gasteiger partial charge in [-0.05, 0) is 18.2 Å². The molecular weight excluding hydrogens is 250 g/mol. The Morgan fingerprint density at radius 1 is 1.35 bits per heavy atom. The summed E-state index contributed by atoms with van der Waals surface area (Å²) in [6, 6.07) is 4.15. The zero-order chi connectivity index (χ0) is 13.1. The number of hydrogen-bond acceptors (Lipinski definition) is 3. The maximum atomic E-state index is 12.9. The molecule has 4 nitrogen and oxygen atoms in total. The second-order valence-corrected chi connectivity index (χ2v) is 5.36. The van der Waals surface area contributed by atoms with Gasteiger partial charge >= 0.3 is 0 Å². The molecule has 0 spiro atoms. The van der Waals surface area contributed by atoms with E-state index in [-0.39, 0.29) is 17.9 Å². The van der Waals surface area contributed by atoms with Gasteiger partial charge < -0.3 is 0 Å². The van der Waals surface area contributed by atoms with Crippen LogP contribution in [0.2, 0.25) is 0 Å². The molecule has 0 radical (unpaired) electrons. The monoisotopic (exact) mass is 260 g/mol. The summed E-state index contributed by atoms with van der Waals surface area (Å²) in [6.07, 6.45) is 0.0272. The largest absolute Gasteiger partial charge is 0.242 e. The second kappa shape index (κ2) is 5.21. The minimum Gasteiger partial charge on any atom is -0.207 e. The molecule has 0 aliphatic rings. The van der Waals surface area contributed by atoms with E-state index in [0.29, 0.717) is 6.07 Å². The highest BCUT2D eigenvalue weighted by atomic mass is 32.2. The fourth-order valence-electron chi connectivity index (χ4n) is 1.14.